The highest BCUT2D eigenvalue weighted by molar-refractivity contribution is 5.72. The van der Waals surface area contributed by atoms with Crippen LogP contribution in [0.1, 0.15) is 31.4 Å². The average Bonchev–Trinajstić information content (AvgIpc) is 2.64. The molecule has 0 radical (unpaired) electrons. The summed E-state index contributed by atoms with van der Waals surface area (Å²) in [6.07, 6.45) is 3.55. The first-order valence-corrected chi connectivity index (χ1v) is 4.90. The molecular formula is C11H14N2O. The van der Waals surface area contributed by atoms with Gasteiger partial charge in [0.05, 0.1) is 0 Å². The smallest absolute Gasteiger partial charge is 0.181 e. The van der Waals surface area contributed by atoms with Crippen LogP contribution in [-0.4, -0.2) is 4.98 Å². The van der Waals surface area contributed by atoms with Gasteiger partial charge in [-0.3, -0.25) is 0 Å². The van der Waals surface area contributed by atoms with E-state index in [2.05, 4.69) is 11.9 Å². The molecule has 1 aromatic heterocycles. The van der Waals surface area contributed by atoms with Crippen LogP contribution in [0.15, 0.2) is 29.0 Å². The molecule has 1 heterocycles. The van der Waals surface area contributed by atoms with Crippen LogP contribution < -0.4 is 5.73 Å². The summed E-state index contributed by atoms with van der Waals surface area (Å²) in [4.78, 5) is 4.06. The zero-order valence-corrected chi connectivity index (χ0v) is 8.23. The summed E-state index contributed by atoms with van der Waals surface area (Å²) in [5.41, 5.74) is 8.83. The van der Waals surface area contributed by atoms with Crippen molar-refractivity contribution in [2.45, 2.75) is 25.8 Å². The van der Waals surface area contributed by atoms with Crippen molar-refractivity contribution in [3.8, 4) is 0 Å². The lowest BCUT2D eigenvalue weighted by atomic mass is 10.0. The van der Waals surface area contributed by atoms with E-state index in [1.165, 1.54) is 6.39 Å². The minimum atomic E-state index is 0.106. The van der Waals surface area contributed by atoms with Gasteiger partial charge in [0.15, 0.2) is 12.0 Å². The molecule has 0 spiro atoms. The van der Waals surface area contributed by atoms with Crippen molar-refractivity contribution in [3.63, 3.8) is 0 Å². The molecule has 1 atom stereocenters. The lowest BCUT2D eigenvalue weighted by molar-refractivity contribution is 0.598. The molecule has 2 rings (SSSR count). The van der Waals surface area contributed by atoms with Crippen LogP contribution in [0.5, 0.6) is 0 Å². The van der Waals surface area contributed by atoms with Crippen molar-refractivity contribution in [1.29, 1.82) is 0 Å². The topological polar surface area (TPSA) is 52.0 Å². The number of nitrogens with two attached hydrogens (primary N) is 1. The van der Waals surface area contributed by atoms with Gasteiger partial charge in [-0.2, -0.15) is 0 Å². The van der Waals surface area contributed by atoms with Crippen LogP contribution in [0.4, 0.5) is 0 Å². The number of nitrogens with zero attached hydrogens (tertiary/aromatic N) is 1. The number of oxazole rings is 1. The minimum absolute atomic E-state index is 0.106. The second kappa shape index (κ2) is 3.80. The summed E-state index contributed by atoms with van der Waals surface area (Å²) in [5, 5.41) is 0. The Bertz CT molecular complexity index is 422. The molecule has 0 saturated carbocycles. The van der Waals surface area contributed by atoms with Gasteiger partial charge in [0.1, 0.15) is 5.52 Å². The van der Waals surface area contributed by atoms with Gasteiger partial charge in [-0.25, -0.2) is 4.98 Å². The molecule has 3 nitrogen and oxygen atoms in total. The Kier molecular flexibility index (Phi) is 2.50. The van der Waals surface area contributed by atoms with Crippen molar-refractivity contribution in [2.75, 3.05) is 0 Å². The van der Waals surface area contributed by atoms with E-state index in [-0.39, 0.29) is 6.04 Å². The quantitative estimate of drug-likeness (QED) is 0.809. The van der Waals surface area contributed by atoms with E-state index < -0.39 is 0 Å². The normalized spacial score (nSPS) is 13.3. The molecule has 3 heteroatoms. The third-order valence-corrected chi connectivity index (χ3v) is 2.38. The lowest BCUT2D eigenvalue weighted by Crippen LogP contribution is -2.09. The molecule has 74 valence electrons. The SMILES string of the molecule is CCCC(N)c1ccc2ncoc2c1. The number of aromatic nitrogens is 1. The molecule has 0 amide bonds. The van der Waals surface area contributed by atoms with Gasteiger partial charge < -0.3 is 10.2 Å². The molecule has 0 aliphatic carbocycles. The van der Waals surface area contributed by atoms with Gasteiger partial charge >= 0.3 is 0 Å². The van der Waals surface area contributed by atoms with Gasteiger partial charge in [0.2, 0.25) is 0 Å². The van der Waals surface area contributed by atoms with Gasteiger partial charge in [0.25, 0.3) is 0 Å². The lowest BCUT2D eigenvalue weighted by Gasteiger charge is -2.09. The summed E-state index contributed by atoms with van der Waals surface area (Å²) in [5.74, 6) is 0. The van der Waals surface area contributed by atoms with E-state index in [1.54, 1.807) is 0 Å². The first-order chi connectivity index (χ1) is 6.81. The van der Waals surface area contributed by atoms with Crippen molar-refractivity contribution in [1.82, 2.24) is 4.98 Å². The van der Waals surface area contributed by atoms with Gasteiger partial charge in [-0.1, -0.05) is 19.4 Å². The number of benzene rings is 1. The summed E-state index contributed by atoms with van der Waals surface area (Å²) < 4.78 is 5.22. The van der Waals surface area contributed by atoms with Crippen LogP contribution in [0.3, 0.4) is 0 Å². The molecule has 0 fully saturated rings. The predicted molar refractivity (Wildman–Crippen MR) is 55.8 cm³/mol. The Labute approximate surface area is 82.9 Å². The fourth-order valence-electron chi connectivity index (χ4n) is 1.58. The Morgan fingerprint density at radius 1 is 1.50 bits per heavy atom. The molecule has 2 N–H and O–H groups in total. The molecule has 0 aliphatic rings. The zero-order valence-electron chi connectivity index (χ0n) is 8.23. The van der Waals surface area contributed by atoms with E-state index in [9.17, 15) is 0 Å². The Balaban J connectivity index is 2.33. The Morgan fingerprint density at radius 2 is 2.36 bits per heavy atom. The van der Waals surface area contributed by atoms with Gasteiger partial charge in [-0.15, -0.1) is 0 Å². The first kappa shape index (κ1) is 9.21. The highest BCUT2D eigenvalue weighted by Gasteiger charge is 2.06. The van der Waals surface area contributed by atoms with E-state index in [0.29, 0.717) is 0 Å². The Morgan fingerprint density at radius 3 is 3.14 bits per heavy atom. The van der Waals surface area contributed by atoms with Crippen LogP contribution in [-0.2, 0) is 0 Å². The monoisotopic (exact) mass is 190 g/mol. The van der Waals surface area contributed by atoms with E-state index >= 15 is 0 Å². The zero-order chi connectivity index (χ0) is 9.97. The van der Waals surface area contributed by atoms with E-state index in [0.717, 1.165) is 29.5 Å². The van der Waals surface area contributed by atoms with Crippen molar-refractivity contribution < 1.29 is 4.42 Å². The number of hydrogen-bond donors (Lipinski definition) is 1. The second-order valence-corrected chi connectivity index (χ2v) is 3.47. The standard InChI is InChI=1S/C11H14N2O/c1-2-3-9(12)8-4-5-10-11(6-8)14-7-13-10/h4-7,9H,2-3,12H2,1H3. The van der Waals surface area contributed by atoms with Crippen LogP contribution in [0.2, 0.25) is 0 Å². The maximum Gasteiger partial charge on any atom is 0.181 e. The second-order valence-electron chi connectivity index (χ2n) is 3.47. The Hall–Kier alpha value is -1.35. The molecule has 0 saturated heterocycles. The summed E-state index contributed by atoms with van der Waals surface area (Å²) in [7, 11) is 0. The summed E-state index contributed by atoms with van der Waals surface area (Å²) in [6.45, 7) is 2.13. The van der Waals surface area contributed by atoms with Crippen molar-refractivity contribution in [3.05, 3.63) is 30.2 Å². The molecular weight excluding hydrogens is 176 g/mol. The fourth-order valence-corrected chi connectivity index (χ4v) is 1.58. The van der Waals surface area contributed by atoms with E-state index in [4.69, 9.17) is 10.2 Å². The van der Waals surface area contributed by atoms with Gasteiger partial charge in [0, 0.05) is 6.04 Å². The summed E-state index contributed by atoms with van der Waals surface area (Å²) >= 11 is 0. The van der Waals surface area contributed by atoms with Gasteiger partial charge in [-0.05, 0) is 24.1 Å². The summed E-state index contributed by atoms with van der Waals surface area (Å²) in [6, 6.07) is 6.05. The molecule has 14 heavy (non-hydrogen) atoms. The number of fused-ring (bicyclic) bond motifs is 1. The largest absolute Gasteiger partial charge is 0.443 e. The van der Waals surface area contributed by atoms with E-state index in [1.807, 2.05) is 18.2 Å². The molecule has 0 bridgehead atoms. The third-order valence-electron chi connectivity index (χ3n) is 2.38. The average molecular weight is 190 g/mol. The molecule has 1 aromatic carbocycles. The van der Waals surface area contributed by atoms with Crippen molar-refractivity contribution >= 4 is 11.1 Å². The van der Waals surface area contributed by atoms with Crippen LogP contribution in [0, 0.1) is 0 Å². The third kappa shape index (κ3) is 1.63. The minimum Gasteiger partial charge on any atom is -0.443 e. The van der Waals surface area contributed by atoms with Crippen molar-refractivity contribution in [2.24, 2.45) is 5.73 Å². The fraction of sp³-hybridized carbons (Fsp3) is 0.364. The number of rotatable bonds is 3. The molecule has 2 aromatic rings. The maximum atomic E-state index is 6.00. The predicted octanol–water partition coefficient (Wildman–Crippen LogP) is 2.63. The van der Waals surface area contributed by atoms with Crippen LogP contribution in [0.25, 0.3) is 11.1 Å². The highest BCUT2D eigenvalue weighted by atomic mass is 16.3. The highest BCUT2D eigenvalue weighted by Crippen LogP contribution is 2.20. The van der Waals surface area contributed by atoms with Crippen LogP contribution >= 0.6 is 0 Å². The molecule has 1 unspecified atom stereocenters. The first-order valence-electron chi connectivity index (χ1n) is 4.90. The molecule has 0 aliphatic heterocycles. The maximum absolute atomic E-state index is 6.00. The number of hydrogen-bond acceptors (Lipinski definition) is 3.